The molecule has 0 saturated carbocycles. The molecule has 34 heavy (non-hydrogen) atoms. The molecule has 5 rings (SSSR count). The predicted octanol–water partition coefficient (Wildman–Crippen LogP) is 6.21. The number of methoxy groups -OCH3 is 1. The molecular formula is C28H27FN2O3. The van der Waals surface area contributed by atoms with Crippen LogP contribution >= 0.6 is 0 Å². The van der Waals surface area contributed by atoms with Crippen molar-refractivity contribution in [3.8, 4) is 11.5 Å². The number of anilines is 2. The van der Waals surface area contributed by atoms with E-state index in [2.05, 4.69) is 10.6 Å². The molecule has 2 atom stereocenters. The van der Waals surface area contributed by atoms with E-state index in [0.29, 0.717) is 42.1 Å². The smallest absolute Gasteiger partial charge is 0.163 e. The molecule has 3 aromatic carbocycles. The number of halogens is 1. The lowest BCUT2D eigenvalue weighted by molar-refractivity contribution is -0.116. The maximum Gasteiger partial charge on any atom is 0.163 e. The maximum absolute atomic E-state index is 14.9. The second-order valence-corrected chi connectivity index (χ2v) is 8.53. The first-order valence-electron chi connectivity index (χ1n) is 11.5. The average molecular weight is 459 g/mol. The number of fused-ring (bicyclic) bond motifs is 1. The highest BCUT2D eigenvalue weighted by atomic mass is 19.1. The van der Waals surface area contributed by atoms with E-state index >= 15 is 0 Å². The number of rotatable bonds is 5. The Bertz CT molecular complexity index is 1270. The Labute approximate surface area is 198 Å². The minimum Gasteiger partial charge on any atom is -0.493 e. The van der Waals surface area contributed by atoms with Crippen molar-refractivity contribution in [1.29, 1.82) is 0 Å². The van der Waals surface area contributed by atoms with E-state index in [9.17, 15) is 9.18 Å². The Balaban J connectivity index is 1.57. The standard InChI is InChI=1S/C28H27FN2O3/c1-3-34-25-13-12-17(16-26(25)33-2)18-14-23-27(24(32)15-18)28(19-8-4-5-9-20(19)29)31-22-11-7-6-10-21(22)30-23/h4-13,16,18,28,30-31H,3,14-15H2,1-2H3. The molecule has 6 heteroatoms. The lowest BCUT2D eigenvalue weighted by Gasteiger charge is -2.30. The van der Waals surface area contributed by atoms with Crippen molar-refractivity contribution < 1.29 is 18.7 Å². The van der Waals surface area contributed by atoms with E-state index in [1.54, 1.807) is 25.3 Å². The average Bonchev–Trinajstić information content (AvgIpc) is 3.01. The third-order valence-electron chi connectivity index (χ3n) is 6.48. The van der Waals surface area contributed by atoms with Gasteiger partial charge in [-0.15, -0.1) is 0 Å². The fourth-order valence-electron chi connectivity index (χ4n) is 4.88. The summed E-state index contributed by atoms with van der Waals surface area (Å²) in [5, 5.41) is 6.91. The van der Waals surface area contributed by atoms with Gasteiger partial charge in [0.15, 0.2) is 17.3 Å². The molecule has 0 amide bonds. The predicted molar refractivity (Wildman–Crippen MR) is 131 cm³/mol. The molecule has 1 aliphatic carbocycles. The number of benzene rings is 3. The number of carbonyl (C=O) groups is 1. The van der Waals surface area contributed by atoms with Gasteiger partial charge in [-0.25, -0.2) is 4.39 Å². The molecule has 174 valence electrons. The second kappa shape index (κ2) is 9.21. The van der Waals surface area contributed by atoms with Gasteiger partial charge in [-0.1, -0.05) is 36.4 Å². The van der Waals surface area contributed by atoms with Crippen molar-refractivity contribution in [3.63, 3.8) is 0 Å². The van der Waals surface area contributed by atoms with Gasteiger partial charge in [0.1, 0.15) is 5.82 Å². The van der Waals surface area contributed by atoms with Crippen LogP contribution in [-0.2, 0) is 4.79 Å². The fourth-order valence-corrected chi connectivity index (χ4v) is 4.88. The normalized spacial score (nSPS) is 19.3. The highest BCUT2D eigenvalue weighted by Crippen LogP contribution is 2.45. The topological polar surface area (TPSA) is 59.6 Å². The van der Waals surface area contributed by atoms with Gasteiger partial charge in [0.25, 0.3) is 0 Å². The first-order valence-corrected chi connectivity index (χ1v) is 11.5. The number of ether oxygens (including phenoxy) is 2. The molecule has 2 aliphatic rings. The summed E-state index contributed by atoms with van der Waals surface area (Å²) in [5.74, 6) is 0.963. The number of Topliss-reactive ketones (excluding diaryl/α,β-unsaturated/α-hetero) is 1. The summed E-state index contributed by atoms with van der Waals surface area (Å²) in [6.07, 6.45) is 0.958. The molecular weight excluding hydrogens is 431 g/mol. The Morgan fingerprint density at radius 2 is 1.74 bits per heavy atom. The van der Waals surface area contributed by atoms with Gasteiger partial charge in [-0.05, 0) is 55.2 Å². The monoisotopic (exact) mass is 458 g/mol. The Hall–Kier alpha value is -3.80. The molecule has 0 spiro atoms. The number of hydrogen-bond acceptors (Lipinski definition) is 5. The van der Waals surface area contributed by atoms with Gasteiger partial charge >= 0.3 is 0 Å². The molecule has 0 bridgehead atoms. The molecule has 2 N–H and O–H groups in total. The fraction of sp³-hybridized carbons (Fsp3) is 0.250. The van der Waals surface area contributed by atoms with E-state index < -0.39 is 6.04 Å². The summed E-state index contributed by atoms with van der Waals surface area (Å²) in [6, 6.07) is 19.7. The number of carbonyl (C=O) groups excluding carboxylic acids is 1. The van der Waals surface area contributed by atoms with Crippen LogP contribution in [0.5, 0.6) is 11.5 Å². The summed E-state index contributed by atoms with van der Waals surface area (Å²) in [4.78, 5) is 13.6. The third-order valence-corrected chi connectivity index (χ3v) is 6.48. The van der Waals surface area contributed by atoms with Crippen LogP contribution in [0, 0.1) is 5.82 Å². The van der Waals surface area contributed by atoms with Gasteiger partial charge in [-0.2, -0.15) is 0 Å². The highest BCUT2D eigenvalue weighted by molar-refractivity contribution is 6.01. The van der Waals surface area contributed by atoms with Crippen molar-refractivity contribution in [2.75, 3.05) is 24.4 Å². The molecule has 1 heterocycles. The molecule has 3 aromatic rings. The van der Waals surface area contributed by atoms with Crippen LogP contribution < -0.4 is 20.1 Å². The second-order valence-electron chi connectivity index (χ2n) is 8.53. The largest absolute Gasteiger partial charge is 0.493 e. The third kappa shape index (κ3) is 4.00. The van der Waals surface area contributed by atoms with E-state index in [1.807, 2.05) is 49.4 Å². The van der Waals surface area contributed by atoms with E-state index in [-0.39, 0.29) is 17.5 Å². The summed E-state index contributed by atoms with van der Waals surface area (Å²) < 4.78 is 26.1. The minimum atomic E-state index is -0.573. The number of hydrogen-bond donors (Lipinski definition) is 2. The molecule has 2 unspecified atom stereocenters. The van der Waals surface area contributed by atoms with Gasteiger partial charge < -0.3 is 20.1 Å². The van der Waals surface area contributed by atoms with Gasteiger partial charge in [0.05, 0.1) is 31.1 Å². The van der Waals surface area contributed by atoms with Crippen molar-refractivity contribution >= 4 is 17.2 Å². The van der Waals surface area contributed by atoms with Crippen LogP contribution in [0.4, 0.5) is 15.8 Å². The van der Waals surface area contributed by atoms with E-state index in [4.69, 9.17) is 9.47 Å². The van der Waals surface area contributed by atoms with Crippen molar-refractivity contribution in [2.45, 2.75) is 31.7 Å². The number of ketones is 1. The van der Waals surface area contributed by atoms with Crippen LogP contribution in [0.2, 0.25) is 0 Å². The van der Waals surface area contributed by atoms with E-state index in [1.165, 1.54) is 6.07 Å². The van der Waals surface area contributed by atoms with E-state index in [0.717, 1.165) is 22.6 Å². The van der Waals surface area contributed by atoms with Crippen LogP contribution in [0.25, 0.3) is 0 Å². The lowest BCUT2D eigenvalue weighted by Crippen LogP contribution is -2.27. The lowest BCUT2D eigenvalue weighted by atomic mass is 9.78. The molecule has 0 fully saturated rings. The summed E-state index contributed by atoms with van der Waals surface area (Å²) in [7, 11) is 1.61. The Morgan fingerprint density at radius 3 is 2.50 bits per heavy atom. The Kier molecular flexibility index (Phi) is 5.97. The maximum atomic E-state index is 14.9. The van der Waals surface area contributed by atoms with Crippen LogP contribution in [0.3, 0.4) is 0 Å². The molecule has 0 saturated heterocycles. The van der Waals surface area contributed by atoms with Crippen LogP contribution in [0.1, 0.15) is 42.9 Å². The SMILES string of the molecule is CCOc1ccc(C2CC(=O)C3=C(C2)Nc2ccccc2NC3c2ccccc2F)cc1OC. The zero-order valence-electron chi connectivity index (χ0n) is 19.2. The first kappa shape index (κ1) is 22.0. The first-order chi connectivity index (χ1) is 16.6. The zero-order valence-corrected chi connectivity index (χ0v) is 19.2. The van der Waals surface area contributed by atoms with Gasteiger partial charge in [-0.3, -0.25) is 4.79 Å². The summed E-state index contributed by atoms with van der Waals surface area (Å²) >= 11 is 0. The van der Waals surface area contributed by atoms with Crippen molar-refractivity contribution in [2.24, 2.45) is 0 Å². The number of nitrogens with one attached hydrogen (secondary N) is 2. The van der Waals surface area contributed by atoms with Gasteiger partial charge in [0, 0.05) is 23.3 Å². The van der Waals surface area contributed by atoms with Crippen molar-refractivity contribution in [3.05, 3.63) is 94.9 Å². The molecule has 0 radical (unpaired) electrons. The Morgan fingerprint density at radius 1 is 0.971 bits per heavy atom. The van der Waals surface area contributed by atoms with Crippen LogP contribution in [-0.4, -0.2) is 19.5 Å². The van der Waals surface area contributed by atoms with Crippen molar-refractivity contribution in [1.82, 2.24) is 0 Å². The minimum absolute atomic E-state index is 0.000149. The number of allylic oxidation sites excluding steroid dienone is 1. The quantitative estimate of drug-likeness (QED) is 0.476. The summed E-state index contributed by atoms with van der Waals surface area (Å²) in [6.45, 7) is 2.47. The van der Waals surface area contributed by atoms with Crippen LogP contribution in [0.15, 0.2) is 78.0 Å². The molecule has 5 nitrogen and oxygen atoms in total. The number of para-hydroxylation sites is 2. The molecule has 0 aromatic heterocycles. The summed E-state index contributed by atoms with van der Waals surface area (Å²) in [5.41, 5.74) is 4.58. The molecule has 1 aliphatic heterocycles. The zero-order chi connectivity index (χ0) is 23.7. The highest BCUT2D eigenvalue weighted by Gasteiger charge is 2.37. The van der Waals surface area contributed by atoms with Gasteiger partial charge in [0.2, 0.25) is 0 Å².